The maximum absolute atomic E-state index is 10.4. The minimum atomic E-state index is 0.169. The first-order valence-corrected chi connectivity index (χ1v) is 10.0. The first-order chi connectivity index (χ1) is 12.1. The zero-order valence-electron chi connectivity index (χ0n) is 13.8. The number of pyridine rings is 1. The molecule has 7 heteroatoms. The maximum Gasteiger partial charge on any atom is 0.158 e. The van der Waals surface area contributed by atoms with Gasteiger partial charge in [-0.1, -0.05) is 35.4 Å². The highest BCUT2D eigenvalue weighted by Crippen LogP contribution is 2.39. The Morgan fingerprint density at radius 3 is 2.76 bits per heavy atom. The predicted octanol–water partition coefficient (Wildman–Crippen LogP) is 4.90. The molecule has 0 aliphatic carbocycles. The summed E-state index contributed by atoms with van der Waals surface area (Å²) in [6, 6.07) is 5.49. The number of aromatic hydroxyl groups is 1. The molecule has 2 aromatic rings. The van der Waals surface area contributed by atoms with Gasteiger partial charge in [-0.2, -0.15) is 11.8 Å². The Kier molecular flexibility index (Phi) is 5.99. The SMILES string of the molecule is CSCCNc1ncc(O)c2c1C=CCN2Cc1cc(Cl)cc(Cl)c1. The summed E-state index contributed by atoms with van der Waals surface area (Å²) in [5.74, 6) is 1.95. The first kappa shape index (κ1) is 18.2. The van der Waals surface area contributed by atoms with Crippen molar-refractivity contribution in [2.75, 3.05) is 35.3 Å². The molecule has 0 amide bonds. The van der Waals surface area contributed by atoms with Gasteiger partial charge in [0, 0.05) is 41.0 Å². The van der Waals surface area contributed by atoms with E-state index in [1.54, 1.807) is 17.8 Å². The largest absolute Gasteiger partial charge is 0.504 e. The lowest BCUT2D eigenvalue weighted by Gasteiger charge is -2.30. The molecule has 0 saturated carbocycles. The summed E-state index contributed by atoms with van der Waals surface area (Å²) in [7, 11) is 0. The van der Waals surface area contributed by atoms with E-state index in [1.807, 2.05) is 18.2 Å². The number of aromatic nitrogens is 1. The van der Waals surface area contributed by atoms with Crippen LogP contribution in [0.15, 0.2) is 30.5 Å². The van der Waals surface area contributed by atoms with Crippen LogP contribution in [0.2, 0.25) is 10.0 Å². The van der Waals surface area contributed by atoms with Gasteiger partial charge in [0.15, 0.2) is 5.75 Å². The van der Waals surface area contributed by atoms with E-state index in [1.165, 1.54) is 6.20 Å². The van der Waals surface area contributed by atoms with Crippen molar-refractivity contribution in [2.24, 2.45) is 0 Å². The topological polar surface area (TPSA) is 48.4 Å². The smallest absolute Gasteiger partial charge is 0.158 e. The van der Waals surface area contributed by atoms with Crippen LogP contribution in [0.5, 0.6) is 5.75 Å². The maximum atomic E-state index is 10.4. The molecule has 0 radical (unpaired) electrons. The highest BCUT2D eigenvalue weighted by atomic mass is 35.5. The standard InChI is InChI=1S/C18H19Cl2N3OS/c1-25-6-4-21-18-15-3-2-5-23(17(15)16(24)10-22-18)11-12-7-13(19)9-14(20)8-12/h2-3,7-10,24H,4-6,11H2,1H3,(H,21,22). The van der Waals surface area contributed by atoms with Crippen molar-refractivity contribution in [2.45, 2.75) is 6.54 Å². The summed E-state index contributed by atoms with van der Waals surface area (Å²) < 4.78 is 0. The van der Waals surface area contributed by atoms with E-state index in [4.69, 9.17) is 23.2 Å². The molecule has 0 atom stereocenters. The zero-order chi connectivity index (χ0) is 17.8. The van der Waals surface area contributed by atoms with E-state index in [0.29, 0.717) is 23.1 Å². The van der Waals surface area contributed by atoms with Crippen LogP contribution in [0, 0.1) is 0 Å². The Morgan fingerprint density at radius 1 is 1.28 bits per heavy atom. The lowest BCUT2D eigenvalue weighted by atomic mass is 10.1. The van der Waals surface area contributed by atoms with Crippen molar-refractivity contribution in [1.29, 1.82) is 0 Å². The summed E-state index contributed by atoms with van der Waals surface area (Å²) in [5, 5.41) is 14.9. The monoisotopic (exact) mass is 395 g/mol. The Hall–Kier alpha value is -1.56. The molecule has 2 N–H and O–H groups in total. The third-order valence-electron chi connectivity index (χ3n) is 3.89. The zero-order valence-corrected chi connectivity index (χ0v) is 16.1. The Bertz CT molecular complexity index is 778. The summed E-state index contributed by atoms with van der Waals surface area (Å²) in [5.41, 5.74) is 2.67. The van der Waals surface area contributed by atoms with E-state index in [0.717, 1.165) is 34.9 Å². The molecule has 25 heavy (non-hydrogen) atoms. The number of rotatable bonds is 6. The second kappa shape index (κ2) is 8.21. The van der Waals surface area contributed by atoms with Crippen molar-refractivity contribution < 1.29 is 5.11 Å². The van der Waals surface area contributed by atoms with E-state index < -0.39 is 0 Å². The van der Waals surface area contributed by atoms with Crippen molar-refractivity contribution >= 4 is 52.5 Å². The predicted molar refractivity (Wildman–Crippen MR) is 109 cm³/mol. The minimum Gasteiger partial charge on any atom is -0.504 e. The Morgan fingerprint density at radius 2 is 2.04 bits per heavy atom. The van der Waals surface area contributed by atoms with Crippen LogP contribution in [-0.4, -0.2) is 35.2 Å². The highest BCUT2D eigenvalue weighted by Gasteiger charge is 2.21. The number of nitrogens with one attached hydrogen (secondary N) is 1. The van der Waals surface area contributed by atoms with Crippen LogP contribution in [-0.2, 0) is 6.54 Å². The van der Waals surface area contributed by atoms with E-state index >= 15 is 0 Å². The molecule has 0 bridgehead atoms. The number of nitrogens with zero attached hydrogens (tertiary/aromatic N) is 2. The fourth-order valence-corrected chi connectivity index (χ4v) is 3.74. The van der Waals surface area contributed by atoms with E-state index in [-0.39, 0.29) is 5.75 Å². The first-order valence-electron chi connectivity index (χ1n) is 7.89. The Labute approximate surface area is 161 Å². The lowest BCUT2D eigenvalue weighted by Crippen LogP contribution is -2.26. The van der Waals surface area contributed by atoms with Gasteiger partial charge in [0.25, 0.3) is 0 Å². The number of hydrogen-bond acceptors (Lipinski definition) is 5. The van der Waals surface area contributed by atoms with Crippen LogP contribution in [0.4, 0.5) is 11.5 Å². The van der Waals surface area contributed by atoms with Gasteiger partial charge in [0.2, 0.25) is 0 Å². The number of hydrogen-bond donors (Lipinski definition) is 2. The number of thioether (sulfide) groups is 1. The molecule has 0 saturated heterocycles. The number of fused-ring (bicyclic) bond motifs is 1. The molecule has 2 heterocycles. The molecular weight excluding hydrogens is 377 g/mol. The van der Waals surface area contributed by atoms with Gasteiger partial charge in [0.05, 0.1) is 11.9 Å². The van der Waals surface area contributed by atoms with Crippen LogP contribution in [0.3, 0.4) is 0 Å². The van der Waals surface area contributed by atoms with Crippen molar-refractivity contribution in [3.63, 3.8) is 0 Å². The lowest BCUT2D eigenvalue weighted by molar-refractivity contribution is 0.471. The molecule has 1 aromatic heterocycles. The number of halogens is 2. The average Bonchev–Trinajstić information content (AvgIpc) is 2.56. The second-order valence-electron chi connectivity index (χ2n) is 5.73. The van der Waals surface area contributed by atoms with E-state index in [2.05, 4.69) is 27.5 Å². The summed E-state index contributed by atoms with van der Waals surface area (Å²) in [6.45, 7) is 2.11. The molecule has 132 valence electrons. The van der Waals surface area contributed by atoms with Gasteiger partial charge in [-0.3, -0.25) is 0 Å². The molecule has 1 aliphatic rings. The summed E-state index contributed by atoms with van der Waals surface area (Å²) in [4.78, 5) is 6.43. The molecule has 1 aliphatic heterocycles. The number of anilines is 2. The van der Waals surface area contributed by atoms with Crippen LogP contribution in [0.25, 0.3) is 6.08 Å². The number of benzene rings is 1. The van der Waals surface area contributed by atoms with Gasteiger partial charge >= 0.3 is 0 Å². The molecule has 3 rings (SSSR count). The van der Waals surface area contributed by atoms with Crippen molar-refractivity contribution in [3.05, 3.63) is 51.6 Å². The molecule has 1 aromatic carbocycles. The average molecular weight is 396 g/mol. The third kappa shape index (κ3) is 4.35. The molecule has 0 spiro atoms. The fraction of sp³-hybridized carbons (Fsp3) is 0.278. The van der Waals surface area contributed by atoms with Crippen LogP contribution >= 0.6 is 35.0 Å². The van der Waals surface area contributed by atoms with Crippen LogP contribution < -0.4 is 10.2 Å². The Balaban J connectivity index is 1.90. The second-order valence-corrected chi connectivity index (χ2v) is 7.59. The molecule has 0 fully saturated rings. The molecule has 0 unspecified atom stereocenters. The minimum absolute atomic E-state index is 0.169. The normalized spacial score (nSPS) is 13.0. The van der Waals surface area contributed by atoms with Gasteiger partial charge in [-0.25, -0.2) is 4.98 Å². The van der Waals surface area contributed by atoms with Crippen molar-refractivity contribution in [3.8, 4) is 5.75 Å². The van der Waals surface area contributed by atoms with Gasteiger partial charge in [-0.05, 0) is 30.0 Å². The summed E-state index contributed by atoms with van der Waals surface area (Å²) in [6.07, 6.45) is 7.64. The van der Waals surface area contributed by atoms with Gasteiger partial charge in [0.1, 0.15) is 5.82 Å². The molecule has 4 nitrogen and oxygen atoms in total. The van der Waals surface area contributed by atoms with Gasteiger partial charge < -0.3 is 15.3 Å². The third-order valence-corrected chi connectivity index (χ3v) is 4.94. The van der Waals surface area contributed by atoms with E-state index in [9.17, 15) is 5.11 Å². The quantitative estimate of drug-likeness (QED) is 0.680. The van der Waals surface area contributed by atoms with Crippen LogP contribution in [0.1, 0.15) is 11.1 Å². The fourth-order valence-electron chi connectivity index (χ4n) is 2.86. The van der Waals surface area contributed by atoms with Crippen molar-refractivity contribution in [1.82, 2.24) is 4.98 Å². The highest BCUT2D eigenvalue weighted by molar-refractivity contribution is 7.98. The summed E-state index contributed by atoms with van der Waals surface area (Å²) >= 11 is 14.0. The molecular formula is C18H19Cl2N3OS. The van der Waals surface area contributed by atoms with Gasteiger partial charge in [-0.15, -0.1) is 0 Å².